The average Bonchev–Trinajstić information content (AvgIpc) is 2.60. The Morgan fingerprint density at radius 1 is 1.25 bits per heavy atom. The number of rotatable bonds is 3. The number of halogens is 1. The van der Waals surface area contributed by atoms with E-state index in [1.165, 1.54) is 34.3 Å². The smallest absolute Gasteiger partial charge is 0.0827 e. The Morgan fingerprint density at radius 3 is 2.55 bits per heavy atom. The van der Waals surface area contributed by atoms with Crippen LogP contribution in [0.1, 0.15) is 35.7 Å². The van der Waals surface area contributed by atoms with Gasteiger partial charge in [0, 0.05) is 17.6 Å². The largest absolute Gasteiger partial charge is 0.379 e. The van der Waals surface area contributed by atoms with Crippen molar-refractivity contribution in [1.82, 2.24) is 9.78 Å². The van der Waals surface area contributed by atoms with E-state index in [1.54, 1.807) is 0 Å². The molecular weight excluding hydrogens is 314 g/mol. The van der Waals surface area contributed by atoms with Crippen LogP contribution in [0, 0.1) is 13.8 Å². The van der Waals surface area contributed by atoms with Gasteiger partial charge in [-0.3, -0.25) is 4.68 Å². The zero-order chi connectivity index (χ0) is 14.3. The van der Waals surface area contributed by atoms with E-state index >= 15 is 0 Å². The second kappa shape index (κ2) is 5.24. The minimum atomic E-state index is 0.564. The average molecular weight is 334 g/mol. The van der Waals surface area contributed by atoms with Crippen LogP contribution < -0.4 is 5.32 Å². The minimum Gasteiger partial charge on any atom is -0.379 e. The van der Waals surface area contributed by atoms with Crippen molar-refractivity contribution < 1.29 is 0 Å². The minimum absolute atomic E-state index is 0.564. The normalized spacial score (nSPS) is 21.6. The summed E-state index contributed by atoms with van der Waals surface area (Å²) in [4.78, 5) is 0. The fraction of sp³-hybridized carbons (Fsp3) is 0.438. The highest BCUT2D eigenvalue weighted by Crippen LogP contribution is 2.41. The summed E-state index contributed by atoms with van der Waals surface area (Å²) in [6.45, 7) is 4.19. The van der Waals surface area contributed by atoms with Gasteiger partial charge >= 0.3 is 0 Å². The molecule has 0 atom stereocenters. The number of aromatic nitrogens is 2. The van der Waals surface area contributed by atoms with E-state index in [0.29, 0.717) is 12.0 Å². The number of anilines is 1. The Labute approximate surface area is 128 Å². The Kier molecular flexibility index (Phi) is 3.59. The van der Waals surface area contributed by atoms with E-state index < -0.39 is 0 Å². The van der Waals surface area contributed by atoms with Crippen LogP contribution in [0.4, 0.5) is 5.69 Å². The van der Waals surface area contributed by atoms with Crippen molar-refractivity contribution in [2.45, 2.75) is 38.6 Å². The summed E-state index contributed by atoms with van der Waals surface area (Å²) < 4.78 is 3.18. The molecule has 1 fully saturated rings. The second-order valence-electron chi connectivity index (χ2n) is 5.70. The predicted molar refractivity (Wildman–Crippen MR) is 86.2 cm³/mol. The van der Waals surface area contributed by atoms with Crippen molar-refractivity contribution in [2.24, 2.45) is 7.05 Å². The highest BCUT2D eigenvalue weighted by atomic mass is 79.9. The van der Waals surface area contributed by atoms with Crippen LogP contribution in [0.5, 0.6) is 0 Å². The second-order valence-corrected chi connectivity index (χ2v) is 6.55. The summed E-state index contributed by atoms with van der Waals surface area (Å²) in [5.41, 5.74) is 4.95. The third kappa shape index (κ3) is 2.37. The van der Waals surface area contributed by atoms with Crippen LogP contribution in [0.3, 0.4) is 0 Å². The van der Waals surface area contributed by atoms with Gasteiger partial charge in [-0.1, -0.05) is 34.1 Å². The molecule has 1 aliphatic carbocycles. The number of nitrogens with one attached hydrogen (secondary N) is 1. The molecule has 4 heteroatoms. The van der Waals surface area contributed by atoms with Crippen molar-refractivity contribution in [2.75, 3.05) is 5.32 Å². The summed E-state index contributed by atoms with van der Waals surface area (Å²) in [6, 6.07) is 9.12. The number of nitrogens with zero attached hydrogens (tertiary/aromatic N) is 2. The van der Waals surface area contributed by atoms with Crippen LogP contribution in [0.25, 0.3) is 0 Å². The number of aryl methyl sites for hydroxylation is 2. The van der Waals surface area contributed by atoms with Crippen molar-refractivity contribution in [3.63, 3.8) is 0 Å². The number of hydrogen-bond donors (Lipinski definition) is 1. The first kappa shape index (κ1) is 13.7. The van der Waals surface area contributed by atoms with Gasteiger partial charge < -0.3 is 5.32 Å². The molecule has 1 aromatic heterocycles. The molecular formula is C16H20BrN3. The molecule has 3 nitrogen and oxygen atoms in total. The highest BCUT2D eigenvalue weighted by Gasteiger charge is 2.32. The summed E-state index contributed by atoms with van der Waals surface area (Å²) in [5.74, 6) is 0.667. The van der Waals surface area contributed by atoms with E-state index in [2.05, 4.69) is 64.5 Å². The van der Waals surface area contributed by atoms with Gasteiger partial charge in [-0.2, -0.15) is 5.10 Å². The summed E-state index contributed by atoms with van der Waals surface area (Å²) in [5, 5.41) is 8.12. The molecule has 0 spiro atoms. The molecule has 0 amide bonds. The third-order valence-corrected chi connectivity index (χ3v) is 5.06. The zero-order valence-corrected chi connectivity index (χ0v) is 13.7. The van der Waals surface area contributed by atoms with Gasteiger partial charge in [-0.15, -0.1) is 0 Å². The molecule has 1 N–H and O–H groups in total. The fourth-order valence-corrected chi connectivity index (χ4v) is 3.59. The molecule has 2 aromatic rings. The summed E-state index contributed by atoms with van der Waals surface area (Å²) >= 11 is 3.65. The van der Waals surface area contributed by atoms with Crippen LogP contribution in [-0.2, 0) is 7.05 Å². The van der Waals surface area contributed by atoms with E-state index in [1.807, 2.05) is 11.7 Å². The SMILES string of the molecule is Cc1nn(C)c(C)c1NC1CC(c2ccccc2Br)C1. The molecule has 20 heavy (non-hydrogen) atoms. The van der Waals surface area contributed by atoms with Gasteiger partial charge in [0.25, 0.3) is 0 Å². The Balaban J connectivity index is 1.65. The van der Waals surface area contributed by atoms with Crippen molar-refractivity contribution >= 4 is 21.6 Å². The molecule has 1 aliphatic rings. The van der Waals surface area contributed by atoms with E-state index in [-0.39, 0.29) is 0 Å². The van der Waals surface area contributed by atoms with Crippen molar-refractivity contribution in [1.29, 1.82) is 0 Å². The zero-order valence-electron chi connectivity index (χ0n) is 12.2. The lowest BCUT2D eigenvalue weighted by Crippen LogP contribution is -2.34. The lowest BCUT2D eigenvalue weighted by molar-refractivity contribution is 0.373. The number of benzene rings is 1. The molecule has 0 saturated heterocycles. The lowest BCUT2D eigenvalue weighted by Gasteiger charge is -2.37. The van der Waals surface area contributed by atoms with Crippen LogP contribution in [-0.4, -0.2) is 15.8 Å². The first-order valence-electron chi connectivity index (χ1n) is 7.07. The molecule has 0 unspecified atom stereocenters. The van der Waals surface area contributed by atoms with Crippen molar-refractivity contribution in [3.05, 3.63) is 45.7 Å². The molecule has 106 valence electrons. The summed E-state index contributed by atoms with van der Waals surface area (Å²) in [7, 11) is 2.00. The first-order valence-corrected chi connectivity index (χ1v) is 7.86. The molecule has 1 saturated carbocycles. The maximum atomic E-state index is 4.46. The van der Waals surface area contributed by atoms with E-state index in [0.717, 1.165) is 5.69 Å². The van der Waals surface area contributed by atoms with Gasteiger partial charge in [0.1, 0.15) is 0 Å². The Bertz CT molecular complexity index is 627. The third-order valence-electron chi connectivity index (χ3n) is 4.34. The molecule has 3 rings (SSSR count). The van der Waals surface area contributed by atoms with Gasteiger partial charge in [-0.25, -0.2) is 0 Å². The molecule has 0 aliphatic heterocycles. The monoisotopic (exact) mass is 333 g/mol. The fourth-order valence-electron chi connectivity index (χ4n) is 2.98. The quantitative estimate of drug-likeness (QED) is 0.913. The Hall–Kier alpha value is -1.29. The van der Waals surface area contributed by atoms with Gasteiger partial charge in [0.2, 0.25) is 0 Å². The van der Waals surface area contributed by atoms with Gasteiger partial charge in [-0.05, 0) is 44.2 Å². The maximum absolute atomic E-state index is 4.46. The van der Waals surface area contributed by atoms with Crippen LogP contribution in [0.2, 0.25) is 0 Å². The lowest BCUT2D eigenvalue weighted by atomic mass is 9.76. The molecule has 1 heterocycles. The van der Waals surface area contributed by atoms with E-state index in [9.17, 15) is 0 Å². The molecule has 0 radical (unpaired) electrons. The van der Waals surface area contributed by atoms with E-state index in [4.69, 9.17) is 0 Å². The van der Waals surface area contributed by atoms with Crippen LogP contribution in [0.15, 0.2) is 28.7 Å². The molecule has 1 aromatic carbocycles. The van der Waals surface area contributed by atoms with Gasteiger partial charge in [0.15, 0.2) is 0 Å². The van der Waals surface area contributed by atoms with Crippen molar-refractivity contribution in [3.8, 4) is 0 Å². The summed E-state index contributed by atoms with van der Waals surface area (Å²) in [6.07, 6.45) is 2.38. The topological polar surface area (TPSA) is 29.9 Å². The van der Waals surface area contributed by atoms with Gasteiger partial charge in [0.05, 0.1) is 17.1 Å². The highest BCUT2D eigenvalue weighted by molar-refractivity contribution is 9.10. The standard InChI is InChI=1S/C16H20BrN3/c1-10-16(11(2)20(3)19-10)18-13-8-12(9-13)14-6-4-5-7-15(14)17/h4-7,12-13,18H,8-9H2,1-3H3. The van der Waals surface area contributed by atoms with Crippen LogP contribution >= 0.6 is 15.9 Å². The Morgan fingerprint density at radius 2 is 1.95 bits per heavy atom. The maximum Gasteiger partial charge on any atom is 0.0827 e. The predicted octanol–water partition coefficient (Wildman–Crippen LogP) is 4.16. The number of hydrogen-bond acceptors (Lipinski definition) is 2. The molecule has 0 bridgehead atoms. The first-order chi connectivity index (χ1) is 9.56.